The number of imidazole rings is 1. The number of fused-ring (bicyclic) bond motifs is 1. The molecule has 5 nitrogen and oxygen atoms in total. The van der Waals surface area contributed by atoms with Crippen LogP contribution < -0.4 is 4.74 Å². The van der Waals surface area contributed by atoms with Gasteiger partial charge in [-0.25, -0.2) is 14.4 Å². The standard InChI is InChI=1S/C20H13FN4O/c1-26-20-19-24-12-18(25(19)9-8-23-20)13-6-7-17(21)16(10-13)15-5-3-2-4-14(15)11-22/h2-10,12H,1H3. The highest BCUT2D eigenvalue weighted by molar-refractivity contribution is 5.76. The quantitative estimate of drug-likeness (QED) is 0.562. The molecule has 2 aromatic carbocycles. The fraction of sp³-hybridized carbons (Fsp3) is 0.0500. The first-order valence-corrected chi connectivity index (χ1v) is 7.88. The number of hydrogen-bond acceptors (Lipinski definition) is 4. The smallest absolute Gasteiger partial charge is 0.258 e. The predicted octanol–water partition coefficient (Wildman–Crippen LogP) is 4.08. The first-order valence-electron chi connectivity index (χ1n) is 7.88. The highest BCUT2D eigenvalue weighted by Gasteiger charge is 2.14. The molecular weight excluding hydrogens is 331 g/mol. The van der Waals surface area contributed by atoms with E-state index in [-0.39, 0.29) is 5.82 Å². The maximum Gasteiger partial charge on any atom is 0.258 e. The van der Waals surface area contributed by atoms with Crippen molar-refractivity contribution in [1.82, 2.24) is 14.4 Å². The third-order valence-electron chi connectivity index (χ3n) is 4.19. The summed E-state index contributed by atoms with van der Waals surface area (Å²) in [5.41, 5.74) is 3.48. The maximum atomic E-state index is 14.5. The van der Waals surface area contributed by atoms with E-state index < -0.39 is 0 Å². The highest BCUT2D eigenvalue weighted by atomic mass is 19.1. The lowest BCUT2D eigenvalue weighted by Crippen LogP contribution is -1.95. The molecule has 6 heteroatoms. The van der Waals surface area contributed by atoms with E-state index in [0.717, 1.165) is 11.3 Å². The monoisotopic (exact) mass is 344 g/mol. The van der Waals surface area contributed by atoms with Crippen LogP contribution in [0.3, 0.4) is 0 Å². The fourth-order valence-electron chi connectivity index (χ4n) is 2.96. The Morgan fingerprint density at radius 1 is 1.12 bits per heavy atom. The molecule has 0 aliphatic rings. The number of halogens is 1. The van der Waals surface area contributed by atoms with Crippen LogP contribution in [-0.2, 0) is 0 Å². The van der Waals surface area contributed by atoms with Crippen molar-refractivity contribution >= 4 is 5.65 Å². The summed E-state index contributed by atoms with van der Waals surface area (Å²) in [6.45, 7) is 0. The number of methoxy groups -OCH3 is 1. The Hall–Kier alpha value is -3.72. The molecule has 0 aliphatic heterocycles. The molecule has 0 radical (unpaired) electrons. The Morgan fingerprint density at radius 2 is 1.96 bits per heavy atom. The van der Waals surface area contributed by atoms with Gasteiger partial charge in [-0.15, -0.1) is 0 Å². The molecule has 2 aromatic heterocycles. The van der Waals surface area contributed by atoms with E-state index in [1.165, 1.54) is 13.2 Å². The third-order valence-corrected chi connectivity index (χ3v) is 4.19. The summed E-state index contributed by atoms with van der Waals surface area (Å²) in [6, 6.07) is 13.9. The van der Waals surface area contributed by atoms with E-state index in [0.29, 0.717) is 28.2 Å². The van der Waals surface area contributed by atoms with E-state index in [1.54, 1.807) is 55.0 Å². The van der Waals surface area contributed by atoms with E-state index in [9.17, 15) is 9.65 Å². The van der Waals surface area contributed by atoms with Crippen LogP contribution in [0.2, 0.25) is 0 Å². The lowest BCUT2D eigenvalue weighted by molar-refractivity contribution is 0.400. The second kappa shape index (κ2) is 6.30. The van der Waals surface area contributed by atoms with Gasteiger partial charge in [-0.05, 0) is 24.3 Å². The number of nitrogens with zero attached hydrogens (tertiary/aromatic N) is 4. The molecule has 126 valence electrons. The van der Waals surface area contributed by atoms with Crippen LogP contribution in [0, 0.1) is 17.1 Å². The molecule has 0 spiro atoms. The van der Waals surface area contributed by atoms with Crippen molar-refractivity contribution in [1.29, 1.82) is 5.26 Å². The molecule has 0 N–H and O–H groups in total. The summed E-state index contributed by atoms with van der Waals surface area (Å²) in [5, 5.41) is 9.32. The van der Waals surface area contributed by atoms with Gasteiger partial charge in [-0.2, -0.15) is 5.26 Å². The summed E-state index contributed by atoms with van der Waals surface area (Å²) in [5.74, 6) is 0.0282. The lowest BCUT2D eigenvalue weighted by Gasteiger charge is -2.09. The molecule has 0 unspecified atom stereocenters. The highest BCUT2D eigenvalue weighted by Crippen LogP contribution is 2.31. The molecule has 0 bridgehead atoms. The van der Waals surface area contributed by atoms with Crippen molar-refractivity contribution in [2.45, 2.75) is 0 Å². The van der Waals surface area contributed by atoms with Gasteiger partial charge in [0.25, 0.3) is 5.88 Å². The zero-order chi connectivity index (χ0) is 18.1. The van der Waals surface area contributed by atoms with Crippen molar-refractivity contribution in [3.05, 3.63) is 72.4 Å². The topological polar surface area (TPSA) is 63.2 Å². The van der Waals surface area contributed by atoms with Crippen LogP contribution in [-0.4, -0.2) is 21.5 Å². The number of ether oxygens (including phenoxy) is 1. The molecule has 0 fully saturated rings. The van der Waals surface area contributed by atoms with Crippen molar-refractivity contribution in [3.8, 4) is 34.3 Å². The van der Waals surface area contributed by atoms with Gasteiger partial charge in [-0.3, -0.25) is 4.40 Å². The number of rotatable bonds is 3. The number of benzene rings is 2. The lowest BCUT2D eigenvalue weighted by atomic mass is 9.97. The average molecular weight is 344 g/mol. The molecule has 4 rings (SSSR count). The van der Waals surface area contributed by atoms with Crippen molar-refractivity contribution < 1.29 is 9.13 Å². The summed E-state index contributed by atoms with van der Waals surface area (Å²) in [7, 11) is 1.53. The Morgan fingerprint density at radius 3 is 2.77 bits per heavy atom. The van der Waals surface area contributed by atoms with Gasteiger partial charge in [0.2, 0.25) is 5.65 Å². The predicted molar refractivity (Wildman–Crippen MR) is 95.1 cm³/mol. The molecular formula is C20H13FN4O. The molecule has 0 atom stereocenters. The summed E-state index contributed by atoms with van der Waals surface area (Å²) < 4.78 is 21.5. The van der Waals surface area contributed by atoms with E-state index in [1.807, 2.05) is 4.40 Å². The van der Waals surface area contributed by atoms with Crippen molar-refractivity contribution in [2.75, 3.05) is 7.11 Å². The third kappa shape index (κ3) is 2.47. The average Bonchev–Trinajstić information content (AvgIpc) is 3.12. The largest absolute Gasteiger partial charge is 0.478 e. The Kier molecular flexibility index (Phi) is 3.82. The van der Waals surface area contributed by atoms with Gasteiger partial charge in [0.15, 0.2) is 0 Å². The Bertz CT molecular complexity index is 1160. The van der Waals surface area contributed by atoms with Gasteiger partial charge in [0, 0.05) is 29.1 Å². The first-order chi connectivity index (χ1) is 12.7. The van der Waals surface area contributed by atoms with Crippen LogP contribution in [0.5, 0.6) is 5.88 Å². The van der Waals surface area contributed by atoms with Crippen LogP contribution in [0.25, 0.3) is 28.0 Å². The van der Waals surface area contributed by atoms with Gasteiger partial charge < -0.3 is 4.74 Å². The minimum absolute atomic E-state index is 0.371. The number of hydrogen-bond donors (Lipinski definition) is 0. The molecule has 2 heterocycles. The molecule has 26 heavy (non-hydrogen) atoms. The summed E-state index contributed by atoms with van der Waals surface area (Å²) in [6.07, 6.45) is 5.08. The summed E-state index contributed by atoms with van der Waals surface area (Å²) >= 11 is 0. The summed E-state index contributed by atoms with van der Waals surface area (Å²) in [4.78, 5) is 8.49. The first kappa shape index (κ1) is 15.8. The zero-order valence-electron chi connectivity index (χ0n) is 13.8. The zero-order valence-corrected chi connectivity index (χ0v) is 13.8. The fourth-order valence-corrected chi connectivity index (χ4v) is 2.96. The maximum absolute atomic E-state index is 14.5. The minimum Gasteiger partial charge on any atom is -0.478 e. The van der Waals surface area contributed by atoms with Gasteiger partial charge in [0.1, 0.15) is 5.82 Å². The van der Waals surface area contributed by atoms with Crippen LogP contribution in [0.4, 0.5) is 4.39 Å². The van der Waals surface area contributed by atoms with E-state index in [4.69, 9.17) is 4.74 Å². The SMILES string of the molecule is COc1nccn2c(-c3ccc(F)c(-c4ccccc4C#N)c3)cnc12. The second-order valence-electron chi connectivity index (χ2n) is 5.63. The minimum atomic E-state index is -0.385. The Labute approximate surface area is 149 Å². The number of nitriles is 1. The molecule has 4 aromatic rings. The second-order valence-corrected chi connectivity index (χ2v) is 5.63. The van der Waals surface area contributed by atoms with Crippen LogP contribution in [0.1, 0.15) is 5.56 Å². The van der Waals surface area contributed by atoms with Gasteiger partial charge >= 0.3 is 0 Å². The Balaban J connectivity index is 1.92. The molecule has 0 amide bonds. The molecule has 0 saturated carbocycles. The molecule has 0 aliphatic carbocycles. The van der Waals surface area contributed by atoms with Gasteiger partial charge in [-0.1, -0.05) is 18.2 Å². The van der Waals surface area contributed by atoms with Gasteiger partial charge in [0.05, 0.1) is 30.6 Å². The van der Waals surface area contributed by atoms with E-state index >= 15 is 0 Å². The number of aromatic nitrogens is 3. The normalized spacial score (nSPS) is 10.7. The van der Waals surface area contributed by atoms with E-state index in [2.05, 4.69) is 16.0 Å². The van der Waals surface area contributed by atoms with Crippen molar-refractivity contribution in [2.24, 2.45) is 0 Å². The van der Waals surface area contributed by atoms with Crippen molar-refractivity contribution in [3.63, 3.8) is 0 Å². The van der Waals surface area contributed by atoms with Crippen LogP contribution in [0.15, 0.2) is 61.1 Å². The van der Waals surface area contributed by atoms with Crippen LogP contribution >= 0.6 is 0 Å². The molecule has 0 saturated heterocycles.